The largest absolute Gasteiger partial charge is 0.416 e. The third kappa shape index (κ3) is 3.29. The first kappa shape index (κ1) is 14.8. The average molecular weight is 289 g/mol. The van der Waals surface area contributed by atoms with Crippen molar-refractivity contribution in [2.75, 3.05) is 0 Å². The third-order valence-electron chi connectivity index (χ3n) is 3.02. The van der Waals surface area contributed by atoms with Gasteiger partial charge in [0.05, 0.1) is 11.6 Å². The van der Waals surface area contributed by atoms with Crippen LogP contribution in [0.5, 0.6) is 0 Å². The van der Waals surface area contributed by atoms with E-state index < -0.39 is 23.4 Å². The van der Waals surface area contributed by atoms with Crippen LogP contribution in [-0.4, -0.2) is 5.78 Å². The molecule has 0 spiro atoms. The monoisotopic (exact) mass is 289 g/mol. The van der Waals surface area contributed by atoms with Gasteiger partial charge in [0, 0.05) is 5.56 Å². The Bertz CT molecular complexity index is 669. The number of nitrogens with zero attached hydrogens (tertiary/aromatic N) is 1. The van der Waals surface area contributed by atoms with Crippen molar-refractivity contribution < 1.29 is 18.0 Å². The number of rotatable bonds is 3. The first-order chi connectivity index (χ1) is 9.93. The van der Waals surface area contributed by atoms with E-state index in [1.165, 1.54) is 0 Å². The molecule has 0 N–H and O–H groups in total. The number of ketones is 1. The average Bonchev–Trinajstić information content (AvgIpc) is 2.48. The Hall–Kier alpha value is -2.61. The van der Waals surface area contributed by atoms with Crippen LogP contribution in [-0.2, 0) is 6.18 Å². The minimum atomic E-state index is -4.45. The molecule has 1 atom stereocenters. The van der Waals surface area contributed by atoms with Crippen LogP contribution in [0.2, 0.25) is 0 Å². The predicted octanol–water partition coefficient (Wildman–Crippen LogP) is 4.20. The molecule has 2 rings (SSSR count). The number of nitriles is 1. The first-order valence-electron chi connectivity index (χ1n) is 6.09. The number of hydrogen-bond acceptors (Lipinski definition) is 2. The summed E-state index contributed by atoms with van der Waals surface area (Å²) in [6.07, 6.45) is -4.45. The molecule has 2 aromatic rings. The van der Waals surface area contributed by atoms with Crippen molar-refractivity contribution in [2.24, 2.45) is 0 Å². The smallest absolute Gasteiger partial charge is 0.292 e. The van der Waals surface area contributed by atoms with E-state index in [1.54, 1.807) is 30.3 Å². The molecule has 0 amide bonds. The second-order valence-electron chi connectivity index (χ2n) is 4.41. The number of carbonyl (C=O) groups is 1. The van der Waals surface area contributed by atoms with Crippen LogP contribution in [0.15, 0.2) is 54.6 Å². The summed E-state index contributed by atoms with van der Waals surface area (Å²) in [4.78, 5) is 12.2. The fourth-order valence-corrected chi connectivity index (χ4v) is 1.92. The fraction of sp³-hybridized carbons (Fsp3) is 0.125. The number of carbonyl (C=O) groups excluding carboxylic acids is 1. The molecule has 0 saturated heterocycles. The van der Waals surface area contributed by atoms with Gasteiger partial charge in [-0.15, -0.1) is 0 Å². The SMILES string of the molecule is N#CC(C(=O)c1ccc(C(F)(F)F)cc1)c1ccccc1. The maximum absolute atomic E-state index is 12.5. The molecule has 0 fully saturated rings. The molecule has 2 aromatic carbocycles. The van der Waals surface area contributed by atoms with Crippen molar-refractivity contribution >= 4 is 5.78 Å². The van der Waals surface area contributed by atoms with Gasteiger partial charge in [-0.25, -0.2) is 0 Å². The Morgan fingerprint density at radius 1 is 1.00 bits per heavy atom. The summed E-state index contributed by atoms with van der Waals surface area (Å²) in [6.45, 7) is 0. The van der Waals surface area contributed by atoms with Gasteiger partial charge in [0.1, 0.15) is 5.92 Å². The quantitative estimate of drug-likeness (QED) is 0.795. The van der Waals surface area contributed by atoms with E-state index in [1.807, 2.05) is 6.07 Å². The highest BCUT2D eigenvalue weighted by Crippen LogP contribution is 2.30. The summed E-state index contributed by atoms with van der Waals surface area (Å²) < 4.78 is 37.4. The van der Waals surface area contributed by atoms with E-state index in [4.69, 9.17) is 5.26 Å². The van der Waals surface area contributed by atoms with E-state index >= 15 is 0 Å². The highest BCUT2D eigenvalue weighted by molar-refractivity contribution is 6.02. The lowest BCUT2D eigenvalue weighted by Crippen LogP contribution is -2.12. The van der Waals surface area contributed by atoms with Crippen molar-refractivity contribution in [1.82, 2.24) is 0 Å². The minimum absolute atomic E-state index is 0.0819. The Morgan fingerprint density at radius 3 is 2.05 bits per heavy atom. The molecule has 1 unspecified atom stereocenters. The van der Waals surface area contributed by atoms with Gasteiger partial charge < -0.3 is 0 Å². The Labute approximate surface area is 119 Å². The van der Waals surface area contributed by atoms with Gasteiger partial charge >= 0.3 is 6.18 Å². The van der Waals surface area contributed by atoms with Crippen LogP contribution in [0, 0.1) is 11.3 Å². The van der Waals surface area contributed by atoms with Gasteiger partial charge in [-0.05, 0) is 17.7 Å². The van der Waals surface area contributed by atoms with Crippen LogP contribution >= 0.6 is 0 Å². The number of hydrogen-bond donors (Lipinski definition) is 0. The van der Waals surface area contributed by atoms with Crippen molar-refractivity contribution in [3.05, 3.63) is 71.3 Å². The molecule has 5 heteroatoms. The summed E-state index contributed by atoms with van der Waals surface area (Å²) in [7, 11) is 0. The topological polar surface area (TPSA) is 40.9 Å². The lowest BCUT2D eigenvalue weighted by Gasteiger charge is -2.10. The van der Waals surface area contributed by atoms with Gasteiger partial charge in [0.15, 0.2) is 5.78 Å². The zero-order valence-electron chi connectivity index (χ0n) is 10.8. The lowest BCUT2D eigenvalue weighted by molar-refractivity contribution is -0.137. The number of alkyl halides is 3. The van der Waals surface area contributed by atoms with Crippen molar-refractivity contribution in [2.45, 2.75) is 12.1 Å². The first-order valence-corrected chi connectivity index (χ1v) is 6.09. The van der Waals surface area contributed by atoms with Gasteiger partial charge in [-0.3, -0.25) is 4.79 Å². The molecule has 0 aliphatic heterocycles. The van der Waals surface area contributed by atoms with Crippen LogP contribution < -0.4 is 0 Å². The van der Waals surface area contributed by atoms with E-state index in [0.29, 0.717) is 5.56 Å². The minimum Gasteiger partial charge on any atom is -0.292 e. The zero-order chi connectivity index (χ0) is 15.5. The zero-order valence-corrected chi connectivity index (χ0v) is 10.8. The molecule has 0 heterocycles. The molecular weight excluding hydrogens is 279 g/mol. The lowest BCUT2D eigenvalue weighted by atomic mass is 9.91. The highest BCUT2D eigenvalue weighted by Gasteiger charge is 2.30. The molecular formula is C16H10F3NO. The van der Waals surface area contributed by atoms with Crippen molar-refractivity contribution in [3.63, 3.8) is 0 Å². The normalized spacial score (nSPS) is 12.5. The molecule has 21 heavy (non-hydrogen) atoms. The summed E-state index contributed by atoms with van der Waals surface area (Å²) in [6, 6.07) is 14.2. The summed E-state index contributed by atoms with van der Waals surface area (Å²) in [5.74, 6) is -1.54. The number of benzene rings is 2. The molecule has 0 aliphatic rings. The van der Waals surface area contributed by atoms with Crippen molar-refractivity contribution in [1.29, 1.82) is 5.26 Å². The second kappa shape index (κ2) is 5.80. The Kier molecular flexibility index (Phi) is 4.08. The molecule has 106 valence electrons. The van der Waals surface area contributed by atoms with Gasteiger partial charge in [-0.2, -0.15) is 18.4 Å². The maximum atomic E-state index is 12.5. The van der Waals surface area contributed by atoms with E-state index in [0.717, 1.165) is 24.3 Å². The molecule has 0 bridgehead atoms. The third-order valence-corrected chi connectivity index (χ3v) is 3.02. The van der Waals surface area contributed by atoms with Crippen molar-refractivity contribution in [3.8, 4) is 6.07 Å². The maximum Gasteiger partial charge on any atom is 0.416 e. The number of halogens is 3. The molecule has 0 aliphatic carbocycles. The highest BCUT2D eigenvalue weighted by atomic mass is 19.4. The predicted molar refractivity (Wildman–Crippen MR) is 70.6 cm³/mol. The van der Waals surface area contributed by atoms with Gasteiger partial charge in [0.25, 0.3) is 0 Å². The standard InChI is InChI=1S/C16H10F3NO/c17-16(18,19)13-8-6-12(7-9-13)15(21)14(10-20)11-4-2-1-3-5-11/h1-9,14H. The fourth-order valence-electron chi connectivity index (χ4n) is 1.92. The van der Waals surface area contributed by atoms with Gasteiger partial charge in [-0.1, -0.05) is 42.5 Å². The Morgan fingerprint density at radius 2 is 1.57 bits per heavy atom. The van der Waals surface area contributed by atoms with Crippen LogP contribution in [0.25, 0.3) is 0 Å². The van der Waals surface area contributed by atoms with E-state index in [9.17, 15) is 18.0 Å². The van der Waals surface area contributed by atoms with E-state index in [-0.39, 0.29) is 5.56 Å². The van der Waals surface area contributed by atoms with Crippen LogP contribution in [0.1, 0.15) is 27.4 Å². The summed E-state index contributed by atoms with van der Waals surface area (Å²) in [5.41, 5.74) is -0.226. The summed E-state index contributed by atoms with van der Waals surface area (Å²) in [5, 5.41) is 9.14. The Balaban J connectivity index is 2.29. The van der Waals surface area contributed by atoms with Crippen LogP contribution in [0.4, 0.5) is 13.2 Å². The molecule has 0 radical (unpaired) electrons. The van der Waals surface area contributed by atoms with Crippen LogP contribution in [0.3, 0.4) is 0 Å². The van der Waals surface area contributed by atoms with Gasteiger partial charge in [0.2, 0.25) is 0 Å². The molecule has 0 saturated carbocycles. The molecule has 2 nitrogen and oxygen atoms in total. The van der Waals surface area contributed by atoms with E-state index in [2.05, 4.69) is 0 Å². The summed E-state index contributed by atoms with van der Waals surface area (Å²) >= 11 is 0. The second-order valence-corrected chi connectivity index (χ2v) is 4.41. The molecule has 0 aromatic heterocycles. The number of Topliss-reactive ketones (excluding diaryl/α,β-unsaturated/α-hetero) is 1.